The average Bonchev–Trinajstić information content (AvgIpc) is 2.08. The Hall–Kier alpha value is -0.350. The highest BCUT2D eigenvalue weighted by molar-refractivity contribution is 7.80. The van der Waals surface area contributed by atoms with E-state index in [0.29, 0.717) is 12.1 Å². The standard InChI is InChI=1S/C10H20N2OS/c1-7(2)11-10(14)12-5-9(4)13-6-8(12)3/h7-9H,5-6H2,1-4H3,(H,11,14). The molecule has 0 amide bonds. The minimum absolute atomic E-state index is 0.276. The molecule has 4 heteroatoms. The molecular formula is C10H20N2OS. The summed E-state index contributed by atoms with van der Waals surface area (Å²) in [5, 5.41) is 4.11. The molecule has 1 aliphatic rings. The minimum Gasteiger partial charge on any atom is -0.375 e. The highest BCUT2D eigenvalue weighted by Crippen LogP contribution is 2.11. The van der Waals surface area contributed by atoms with Gasteiger partial charge in [0, 0.05) is 12.6 Å². The van der Waals surface area contributed by atoms with Crippen molar-refractivity contribution in [2.24, 2.45) is 0 Å². The molecule has 1 fully saturated rings. The summed E-state index contributed by atoms with van der Waals surface area (Å²) in [7, 11) is 0. The van der Waals surface area contributed by atoms with Gasteiger partial charge in [-0.1, -0.05) is 0 Å². The summed E-state index contributed by atoms with van der Waals surface area (Å²) in [5.41, 5.74) is 0. The Balaban J connectivity index is 2.51. The molecule has 0 spiro atoms. The molecule has 0 saturated carbocycles. The first-order valence-electron chi connectivity index (χ1n) is 5.19. The van der Waals surface area contributed by atoms with E-state index in [1.807, 2.05) is 0 Å². The van der Waals surface area contributed by atoms with Crippen LogP contribution in [-0.2, 0) is 4.74 Å². The van der Waals surface area contributed by atoms with E-state index < -0.39 is 0 Å². The fourth-order valence-corrected chi connectivity index (χ4v) is 2.01. The van der Waals surface area contributed by atoms with E-state index in [2.05, 4.69) is 37.9 Å². The van der Waals surface area contributed by atoms with Crippen LogP contribution in [0.4, 0.5) is 0 Å². The van der Waals surface area contributed by atoms with Gasteiger partial charge in [-0.15, -0.1) is 0 Å². The Bertz CT molecular complexity index is 208. The number of hydrogen-bond donors (Lipinski definition) is 1. The van der Waals surface area contributed by atoms with Crippen molar-refractivity contribution < 1.29 is 4.74 Å². The third kappa shape index (κ3) is 3.10. The molecule has 14 heavy (non-hydrogen) atoms. The Morgan fingerprint density at radius 2 is 2.14 bits per heavy atom. The number of morpholine rings is 1. The van der Waals surface area contributed by atoms with Crippen molar-refractivity contribution in [1.82, 2.24) is 10.2 Å². The molecule has 0 radical (unpaired) electrons. The molecular weight excluding hydrogens is 196 g/mol. The number of ether oxygens (including phenoxy) is 1. The predicted octanol–water partition coefficient (Wildman–Crippen LogP) is 1.38. The topological polar surface area (TPSA) is 24.5 Å². The fraction of sp³-hybridized carbons (Fsp3) is 0.900. The van der Waals surface area contributed by atoms with Crippen molar-refractivity contribution in [1.29, 1.82) is 0 Å². The van der Waals surface area contributed by atoms with Gasteiger partial charge in [-0.2, -0.15) is 0 Å². The number of hydrogen-bond acceptors (Lipinski definition) is 2. The minimum atomic E-state index is 0.276. The van der Waals surface area contributed by atoms with Gasteiger partial charge >= 0.3 is 0 Å². The molecule has 1 rings (SSSR count). The smallest absolute Gasteiger partial charge is 0.169 e. The molecule has 1 N–H and O–H groups in total. The summed E-state index contributed by atoms with van der Waals surface area (Å²) in [6.45, 7) is 10.1. The average molecular weight is 216 g/mol. The van der Waals surface area contributed by atoms with E-state index in [-0.39, 0.29) is 6.10 Å². The molecule has 1 heterocycles. The molecule has 1 saturated heterocycles. The third-order valence-corrected chi connectivity index (χ3v) is 2.63. The van der Waals surface area contributed by atoms with Gasteiger partial charge in [0.15, 0.2) is 5.11 Å². The molecule has 0 aromatic rings. The van der Waals surface area contributed by atoms with Crippen LogP contribution in [0.15, 0.2) is 0 Å². The third-order valence-electron chi connectivity index (χ3n) is 2.28. The van der Waals surface area contributed by atoms with Crippen molar-refractivity contribution in [3.05, 3.63) is 0 Å². The van der Waals surface area contributed by atoms with E-state index in [9.17, 15) is 0 Å². The molecule has 0 bridgehead atoms. The van der Waals surface area contributed by atoms with Crippen molar-refractivity contribution in [3.8, 4) is 0 Å². The van der Waals surface area contributed by atoms with Gasteiger partial charge in [-0.05, 0) is 39.9 Å². The first kappa shape index (κ1) is 11.7. The Morgan fingerprint density at radius 3 is 2.71 bits per heavy atom. The van der Waals surface area contributed by atoms with Gasteiger partial charge in [0.2, 0.25) is 0 Å². The van der Waals surface area contributed by atoms with Crippen molar-refractivity contribution in [2.75, 3.05) is 13.2 Å². The van der Waals surface area contributed by atoms with Crippen LogP contribution < -0.4 is 5.32 Å². The van der Waals surface area contributed by atoms with Crippen LogP contribution in [0.25, 0.3) is 0 Å². The second-order valence-corrected chi connectivity index (χ2v) is 4.64. The van der Waals surface area contributed by atoms with E-state index in [1.165, 1.54) is 0 Å². The van der Waals surface area contributed by atoms with Crippen LogP contribution in [0.2, 0.25) is 0 Å². The number of nitrogens with zero attached hydrogens (tertiary/aromatic N) is 1. The maximum absolute atomic E-state index is 5.55. The summed E-state index contributed by atoms with van der Waals surface area (Å²) in [6.07, 6.45) is 0.276. The zero-order valence-electron chi connectivity index (χ0n) is 9.41. The normalized spacial score (nSPS) is 27.9. The van der Waals surface area contributed by atoms with Crippen LogP contribution in [0.1, 0.15) is 27.7 Å². The van der Waals surface area contributed by atoms with Crippen molar-refractivity contribution in [2.45, 2.75) is 45.9 Å². The molecule has 0 aromatic carbocycles. The maximum atomic E-state index is 5.55. The quantitative estimate of drug-likeness (QED) is 0.669. The van der Waals surface area contributed by atoms with Crippen molar-refractivity contribution >= 4 is 17.3 Å². The SMILES string of the molecule is CC(C)NC(=S)N1CC(C)OCC1C. The van der Waals surface area contributed by atoms with Crippen LogP contribution in [0.5, 0.6) is 0 Å². The Kier molecular flexibility index (Phi) is 4.13. The summed E-state index contributed by atoms with van der Waals surface area (Å²) in [4.78, 5) is 2.21. The lowest BCUT2D eigenvalue weighted by molar-refractivity contribution is -0.0226. The molecule has 3 nitrogen and oxygen atoms in total. The lowest BCUT2D eigenvalue weighted by Crippen LogP contribution is -2.54. The highest BCUT2D eigenvalue weighted by Gasteiger charge is 2.25. The molecule has 0 aliphatic carbocycles. The van der Waals surface area contributed by atoms with Gasteiger partial charge < -0.3 is 15.0 Å². The van der Waals surface area contributed by atoms with Crippen LogP contribution in [-0.4, -0.2) is 41.4 Å². The monoisotopic (exact) mass is 216 g/mol. The van der Waals surface area contributed by atoms with E-state index >= 15 is 0 Å². The maximum Gasteiger partial charge on any atom is 0.169 e. The molecule has 1 aliphatic heterocycles. The summed E-state index contributed by atoms with van der Waals surface area (Å²) in [6, 6.07) is 0.776. The first-order valence-corrected chi connectivity index (χ1v) is 5.60. The Labute approximate surface area is 91.8 Å². The zero-order chi connectivity index (χ0) is 10.7. The predicted molar refractivity (Wildman–Crippen MR) is 62.5 cm³/mol. The zero-order valence-corrected chi connectivity index (χ0v) is 10.2. The second-order valence-electron chi connectivity index (χ2n) is 4.25. The van der Waals surface area contributed by atoms with Gasteiger partial charge in [-0.3, -0.25) is 0 Å². The number of rotatable bonds is 1. The van der Waals surface area contributed by atoms with Crippen LogP contribution in [0.3, 0.4) is 0 Å². The molecule has 82 valence electrons. The van der Waals surface area contributed by atoms with E-state index in [4.69, 9.17) is 17.0 Å². The summed E-state index contributed by atoms with van der Waals surface area (Å²) >= 11 is 5.34. The van der Waals surface area contributed by atoms with Crippen LogP contribution >= 0.6 is 12.2 Å². The second kappa shape index (κ2) is 4.94. The van der Waals surface area contributed by atoms with Crippen LogP contribution in [0, 0.1) is 0 Å². The molecule has 2 atom stereocenters. The van der Waals surface area contributed by atoms with Crippen molar-refractivity contribution in [3.63, 3.8) is 0 Å². The largest absolute Gasteiger partial charge is 0.375 e. The summed E-state index contributed by atoms with van der Waals surface area (Å²) in [5.74, 6) is 0. The van der Waals surface area contributed by atoms with E-state index in [1.54, 1.807) is 0 Å². The highest BCUT2D eigenvalue weighted by atomic mass is 32.1. The van der Waals surface area contributed by atoms with Gasteiger partial charge in [-0.25, -0.2) is 0 Å². The Morgan fingerprint density at radius 1 is 1.50 bits per heavy atom. The summed E-state index contributed by atoms with van der Waals surface area (Å²) < 4.78 is 5.55. The first-order chi connectivity index (χ1) is 6.50. The number of nitrogens with one attached hydrogen (secondary N) is 1. The molecule has 0 aromatic heterocycles. The van der Waals surface area contributed by atoms with Gasteiger partial charge in [0.05, 0.1) is 18.8 Å². The fourth-order valence-electron chi connectivity index (χ4n) is 1.52. The van der Waals surface area contributed by atoms with E-state index in [0.717, 1.165) is 18.3 Å². The lowest BCUT2D eigenvalue weighted by Gasteiger charge is -2.39. The molecule has 2 unspecified atom stereocenters. The van der Waals surface area contributed by atoms with Gasteiger partial charge in [0.1, 0.15) is 0 Å². The number of thiocarbonyl (C=S) groups is 1. The lowest BCUT2D eigenvalue weighted by atomic mass is 10.2. The van der Waals surface area contributed by atoms with Gasteiger partial charge in [0.25, 0.3) is 0 Å².